The molecule has 0 saturated carbocycles. The molecule has 2 rings (SSSR count). The van der Waals surface area contributed by atoms with Crippen molar-refractivity contribution >= 4 is 46.3 Å². The summed E-state index contributed by atoms with van der Waals surface area (Å²) in [7, 11) is 0. The maximum Gasteiger partial charge on any atom is 0.269 e. The number of nitrogens with one attached hydrogen (secondary N) is 2. The summed E-state index contributed by atoms with van der Waals surface area (Å²) in [5.74, 6) is 0.594. The van der Waals surface area contributed by atoms with E-state index in [1.807, 2.05) is 0 Å². The standard InChI is InChI=1S/C18H18N4O6S/c23-17(19-13-1-5-15(6-2-13)21(25)26)9-11-29-12-10-18(24)20-14-3-7-16(8-4-14)22(27)28/h1-8H,9-12H2,(H,19,23)(H,20,24). The highest BCUT2D eigenvalue weighted by Crippen LogP contribution is 2.17. The lowest BCUT2D eigenvalue weighted by atomic mass is 10.3. The van der Waals surface area contributed by atoms with Gasteiger partial charge in [-0.25, -0.2) is 0 Å². The average Bonchev–Trinajstić information content (AvgIpc) is 2.68. The topological polar surface area (TPSA) is 144 Å². The third-order valence-electron chi connectivity index (χ3n) is 3.67. The zero-order chi connectivity index (χ0) is 21.2. The van der Waals surface area contributed by atoms with Gasteiger partial charge < -0.3 is 10.6 Å². The second kappa shape index (κ2) is 10.8. The minimum atomic E-state index is -0.514. The van der Waals surface area contributed by atoms with E-state index in [1.54, 1.807) is 0 Å². The van der Waals surface area contributed by atoms with Crippen molar-refractivity contribution < 1.29 is 19.4 Å². The van der Waals surface area contributed by atoms with Crippen LogP contribution in [0.2, 0.25) is 0 Å². The number of carbonyl (C=O) groups excluding carboxylic acids is 2. The van der Waals surface area contributed by atoms with E-state index < -0.39 is 9.85 Å². The highest BCUT2D eigenvalue weighted by molar-refractivity contribution is 7.99. The molecular weight excluding hydrogens is 400 g/mol. The maximum atomic E-state index is 11.9. The van der Waals surface area contributed by atoms with Crippen LogP contribution in [0.25, 0.3) is 0 Å². The van der Waals surface area contributed by atoms with Crippen molar-refractivity contribution in [3.8, 4) is 0 Å². The van der Waals surface area contributed by atoms with Gasteiger partial charge in [0.15, 0.2) is 0 Å². The van der Waals surface area contributed by atoms with Crippen LogP contribution in [0, 0.1) is 20.2 Å². The van der Waals surface area contributed by atoms with Crippen LogP contribution in [0.4, 0.5) is 22.7 Å². The molecule has 0 aliphatic carbocycles. The van der Waals surface area contributed by atoms with Gasteiger partial charge in [0.25, 0.3) is 11.4 Å². The Kier molecular flexibility index (Phi) is 8.10. The van der Waals surface area contributed by atoms with E-state index in [2.05, 4.69) is 10.6 Å². The largest absolute Gasteiger partial charge is 0.326 e. The fourth-order valence-electron chi connectivity index (χ4n) is 2.21. The first-order chi connectivity index (χ1) is 13.8. The molecule has 0 fully saturated rings. The number of nitrogens with zero attached hydrogens (tertiary/aromatic N) is 2. The van der Waals surface area contributed by atoms with Crippen molar-refractivity contribution in [1.29, 1.82) is 0 Å². The Morgan fingerprint density at radius 3 is 1.38 bits per heavy atom. The van der Waals surface area contributed by atoms with Gasteiger partial charge in [-0.15, -0.1) is 0 Å². The number of rotatable bonds is 10. The molecule has 0 spiro atoms. The fourth-order valence-corrected chi connectivity index (χ4v) is 3.08. The first kappa shape index (κ1) is 21.8. The molecule has 2 N–H and O–H groups in total. The van der Waals surface area contributed by atoms with Crippen molar-refractivity contribution in [2.45, 2.75) is 12.8 Å². The van der Waals surface area contributed by atoms with Gasteiger partial charge in [-0.3, -0.25) is 29.8 Å². The summed E-state index contributed by atoms with van der Waals surface area (Å²) in [4.78, 5) is 43.9. The molecule has 0 aromatic heterocycles. The highest BCUT2D eigenvalue weighted by Gasteiger charge is 2.08. The van der Waals surface area contributed by atoms with E-state index in [4.69, 9.17) is 0 Å². The maximum absolute atomic E-state index is 11.9. The number of benzene rings is 2. The zero-order valence-electron chi connectivity index (χ0n) is 15.2. The number of amides is 2. The van der Waals surface area contributed by atoms with Crippen molar-refractivity contribution in [3.63, 3.8) is 0 Å². The molecule has 2 aromatic rings. The van der Waals surface area contributed by atoms with Crippen molar-refractivity contribution in [2.75, 3.05) is 22.1 Å². The molecular formula is C18H18N4O6S. The van der Waals surface area contributed by atoms with Crippen LogP contribution in [-0.2, 0) is 9.59 Å². The Bertz CT molecular complexity index is 813. The quantitative estimate of drug-likeness (QED) is 0.341. The SMILES string of the molecule is O=C(CCSCCC(=O)Nc1ccc([N+](=O)[O-])cc1)Nc1ccc([N+](=O)[O-])cc1. The van der Waals surface area contributed by atoms with Gasteiger partial charge in [-0.05, 0) is 24.3 Å². The molecule has 2 amide bonds. The van der Waals surface area contributed by atoms with E-state index in [-0.39, 0.29) is 36.0 Å². The van der Waals surface area contributed by atoms with Crippen LogP contribution in [-0.4, -0.2) is 33.2 Å². The number of hydrogen-bond donors (Lipinski definition) is 2. The van der Waals surface area contributed by atoms with Gasteiger partial charge in [-0.2, -0.15) is 11.8 Å². The monoisotopic (exact) mass is 418 g/mol. The first-order valence-corrected chi connectivity index (χ1v) is 9.67. The first-order valence-electron chi connectivity index (χ1n) is 8.51. The Hall–Kier alpha value is -3.47. The summed E-state index contributed by atoms with van der Waals surface area (Å²) in [5, 5.41) is 26.5. The summed E-state index contributed by atoms with van der Waals surface area (Å²) < 4.78 is 0. The van der Waals surface area contributed by atoms with Crippen molar-refractivity contribution in [1.82, 2.24) is 0 Å². The van der Waals surface area contributed by atoms with Crippen molar-refractivity contribution in [3.05, 3.63) is 68.8 Å². The predicted octanol–water partition coefficient (Wildman–Crippen LogP) is 3.59. The smallest absolute Gasteiger partial charge is 0.269 e. The average molecular weight is 418 g/mol. The highest BCUT2D eigenvalue weighted by atomic mass is 32.2. The van der Waals surface area contributed by atoms with E-state index in [1.165, 1.54) is 60.3 Å². The summed E-state index contributed by atoms with van der Waals surface area (Å²) in [6.07, 6.45) is 0.483. The van der Waals surface area contributed by atoms with Crippen LogP contribution in [0.5, 0.6) is 0 Å². The normalized spacial score (nSPS) is 10.2. The Morgan fingerprint density at radius 1 is 0.724 bits per heavy atom. The van der Waals surface area contributed by atoms with Crippen LogP contribution in [0.15, 0.2) is 48.5 Å². The summed E-state index contributed by atoms with van der Waals surface area (Å²) in [6, 6.07) is 11.1. The van der Waals surface area contributed by atoms with E-state index in [0.29, 0.717) is 22.9 Å². The fraction of sp³-hybridized carbons (Fsp3) is 0.222. The van der Waals surface area contributed by atoms with Crippen LogP contribution in [0.1, 0.15) is 12.8 Å². The van der Waals surface area contributed by atoms with Gasteiger partial charge in [0, 0.05) is 60.0 Å². The number of non-ortho nitro benzene ring substituents is 2. The number of thioether (sulfide) groups is 1. The van der Waals surface area contributed by atoms with E-state index in [0.717, 1.165) is 0 Å². The predicted molar refractivity (Wildman–Crippen MR) is 110 cm³/mol. The third-order valence-corrected chi connectivity index (χ3v) is 4.66. The molecule has 0 aliphatic heterocycles. The molecule has 11 heteroatoms. The Labute approximate surface area is 170 Å². The molecule has 0 heterocycles. The van der Waals surface area contributed by atoms with Crippen LogP contribution >= 0.6 is 11.8 Å². The lowest BCUT2D eigenvalue weighted by molar-refractivity contribution is -0.385. The number of anilines is 2. The summed E-state index contributed by atoms with van der Waals surface area (Å²) >= 11 is 1.44. The lowest BCUT2D eigenvalue weighted by Gasteiger charge is -2.06. The van der Waals surface area contributed by atoms with Crippen molar-refractivity contribution in [2.24, 2.45) is 0 Å². The third kappa shape index (κ3) is 7.58. The molecule has 0 unspecified atom stereocenters. The van der Waals surface area contributed by atoms with Gasteiger partial charge >= 0.3 is 0 Å². The van der Waals surface area contributed by atoms with Crippen LogP contribution < -0.4 is 10.6 Å². The number of nitro benzene ring substituents is 2. The zero-order valence-corrected chi connectivity index (χ0v) is 16.0. The molecule has 0 bridgehead atoms. The molecule has 29 heavy (non-hydrogen) atoms. The second-order valence-corrected chi connectivity index (χ2v) is 7.04. The van der Waals surface area contributed by atoms with Gasteiger partial charge in [0.2, 0.25) is 11.8 Å². The van der Waals surface area contributed by atoms with Gasteiger partial charge in [0.05, 0.1) is 9.85 Å². The number of nitro groups is 2. The summed E-state index contributed by atoms with van der Waals surface area (Å²) in [5.41, 5.74) is 0.859. The molecule has 152 valence electrons. The Morgan fingerprint density at radius 2 is 1.07 bits per heavy atom. The molecule has 0 saturated heterocycles. The molecule has 10 nitrogen and oxygen atoms in total. The molecule has 0 radical (unpaired) electrons. The second-order valence-electron chi connectivity index (χ2n) is 5.82. The molecule has 0 atom stereocenters. The summed E-state index contributed by atoms with van der Waals surface area (Å²) in [6.45, 7) is 0. The number of carbonyl (C=O) groups is 2. The lowest BCUT2D eigenvalue weighted by Crippen LogP contribution is -2.14. The van der Waals surface area contributed by atoms with Gasteiger partial charge in [-0.1, -0.05) is 0 Å². The number of hydrogen-bond acceptors (Lipinski definition) is 7. The molecule has 0 aliphatic rings. The minimum Gasteiger partial charge on any atom is -0.326 e. The minimum absolute atomic E-state index is 0.0504. The van der Waals surface area contributed by atoms with E-state index in [9.17, 15) is 29.8 Å². The van der Waals surface area contributed by atoms with Crippen LogP contribution in [0.3, 0.4) is 0 Å². The molecule has 2 aromatic carbocycles. The van der Waals surface area contributed by atoms with Gasteiger partial charge in [0.1, 0.15) is 0 Å². The Balaban J connectivity index is 1.62. The van der Waals surface area contributed by atoms with E-state index >= 15 is 0 Å².